The Morgan fingerprint density at radius 2 is 1.95 bits per heavy atom. The predicted molar refractivity (Wildman–Crippen MR) is 69.6 cm³/mol. The second kappa shape index (κ2) is 5.29. The normalized spacial score (nSPS) is 11.0. The third-order valence-electron chi connectivity index (χ3n) is 2.78. The molecule has 3 nitrogen and oxygen atoms in total. The third kappa shape index (κ3) is 3.03. The fourth-order valence-electron chi connectivity index (χ4n) is 1.79. The van der Waals surface area contributed by atoms with E-state index in [-0.39, 0.29) is 22.4 Å². The Morgan fingerprint density at radius 1 is 1.24 bits per heavy atom. The van der Waals surface area contributed by atoms with Crippen molar-refractivity contribution in [3.05, 3.63) is 53.2 Å². The van der Waals surface area contributed by atoms with Gasteiger partial charge in [-0.05, 0) is 24.3 Å². The van der Waals surface area contributed by atoms with Crippen molar-refractivity contribution in [3.8, 4) is 23.6 Å². The van der Waals surface area contributed by atoms with E-state index in [9.17, 15) is 18.0 Å². The summed E-state index contributed by atoms with van der Waals surface area (Å²) >= 11 is 0. The second-order valence-electron chi connectivity index (χ2n) is 4.14. The molecule has 0 bridgehead atoms. The van der Waals surface area contributed by atoms with Gasteiger partial charge in [0.15, 0.2) is 0 Å². The van der Waals surface area contributed by atoms with E-state index in [1.54, 1.807) is 0 Å². The van der Waals surface area contributed by atoms with Gasteiger partial charge in [0, 0.05) is 17.3 Å². The van der Waals surface area contributed by atoms with E-state index in [2.05, 4.69) is 4.98 Å². The molecule has 2 rings (SSSR count). The SMILES string of the molecule is C#Cc1ccc(-c2cc(C(=O)O)ccn2)cc1C(F)(F)F. The summed E-state index contributed by atoms with van der Waals surface area (Å²) in [6.45, 7) is 0. The molecule has 2 aromatic rings. The number of carboxylic acids is 1. The lowest BCUT2D eigenvalue weighted by Gasteiger charge is -2.11. The van der Waals surface area contributed by atoms with Gasteiger partial charge in [-0.1, -0.05) is 12.0 Å². The Kier molecular flexibility index (Phi) is 3.68. The molecule has 0 aliphatic heterocycles. The van der Waals surface area contributed by atoms with Gasteiger partial charge in [-0.3, -0.25) is 4.98 Å². The Labute approximate surface area is 118 Å². The number of carboxylic acid groups (broad SMARTS) is 1. The van der Waals surface area contributed by atoms with Crippen molar-refractivity contribution in [1.82, 2.24) is 4.98 Å². The lowest BCUT2D eigenvalue weighted by molar-refractivity contribution is -0.137. The molecule has 1 aromatic carbocycles. The molecule has 0 saturated carbocycles. The van der Waals surface area contributed by atoms with Crippen molar-refractivity contribution in [2.75, 3.05) is 0 Å². The van der Waals surface area contributed by atoms with Crippen LogP contribution in [-0.2, 0) is 6.18 Å². The number of carbonyl (C=O) groups is 1. The summed E-state index contributed by atoms with van der Waals surface area (Å²) in [4.78, 5) is 14.8. The van der Waals surface area contributed by atoms with Gasteiger partial charge < -0.3 is 5.11 Å². The standard InChI is InChI=1S/C15H8F3NO2/c1-2-9-3-4-10(7-12(9)15(16,17)18)13-8-11(14(20)21)5-6-19-13/h1,3-8H,(H,20,21). The molecule has 0 unspecified atom stereocenters. The maximum Gasteiger partial charge on any atom is 0.417 e. The van der Waals surface area contributed by atoms with Crippen LogP contribution < -0.4 is 0 Å². The van der Waals surface area contributed by atoms with Crippen molar-refractivity contribution in [3.63, 3.8) is 0 Å². The summed E-state index contributed by atoms with van der Waals surface area (Å²) in [5, 5.41) is 8.89. The quantitative estimate of drug-likeness (QED) is 0.862. The molecular weight excluding hydrogens is 283 g/mol. The average Bonchev–Trinajstić information content (AvgIpc) is 2.45. The largest absolute Gasteiger partial charge is 0.478 e. The zero-order chi connectivity index (χ0) is 15.6. The van der Waals surface area contributed by atoms with Crippen LogP contribution in [0.1, 0.15) is 21.5 Å². The van der Waals surface area contributed by atoms with Crippen LogP contribution in [0.25, 0.3) is 11.3 Å². The molecule has 0 atom stereocenters. The van der Waals surface area contributed by atoms with Gasteiger partial charge in [0.05, 0.1) is 16.8 Å². The van der Waals surface area contributed by atoms with Crippen molar-refractivity contribution in [1.29, 1.82) is 0 Å². The highest BCUT2D eigenvalue weighted by molar-refractivity contribution is 5.88. The summed E-state index contributed by atoms with van der Waals surface area (Å²) in [7, 11) is 0. The van der Waals surface area contributed by atoms with Crippen molar-refractivity contribution in [2.45, 2.75) is 6.18 Å². The van der Waals surface area contributed by atoms with E-state index in [4.69, 9.17) is 11.5 Å². The van der Waals surface area contributed by atoms with Gasteiger partial charge >= 0.3 is 12.1 Å². The van der Waals surface area contributed by atoms with E-state index in [1.807, 2.05) is 5.92 Å². The first kappa shape index (κ1) is 14.6. The molecule has 0 amide bonds. The Hall–Kier alpha value is -2.81. The summed E-state index contributed by atoms with van der Waals surface area (Å²) in [5.41, 5.74) is -1.02. The number of hydrogen-bond acceptors (Lipinski definition) is 2. The monoisotopic (exact) mass is 291 g/mol. The van der Waals surface area contributed by atoms with E-state index in [1.165, 1.54) is 24.4 Å². The first-order valence-electron chi connectivity index (χ1n) is 5.70. The molecule has 0 aliphatic carbocycles. The number of aromatic carboxylic acids is 1. The topological polar surface area (TPSA) is 50.2 Å². The maximum absolute atomic E-state index is 12.9. The van der Waals surface area contributed by atoms with Gasteiger partial charge in [0.2, 0.25) is 0 Å². The minimum atomic E-state index is -4.60. The van der Waals surface area contributed by atoms with Crippen molar-refractivity contribution < 1.29 is 23.1 Å². The molecule has 0 fully saturated rings. The van der Waals surface area contributed by atoms with Crippen LogP contribution >= 0.6 is 0 Å². The second-order valence-corrected chi connectivity index (χ2v) is 4.14. The Morgan fingerprint density at radius 3 is 2.52 bits per heavy atom. The third-order valence-corrected chi connectivity index (χ3v) is 2.78. The van der Waals surface area contributed by atoms with Gasteiger partial charge in [-0.15, -0.1) is 6.42 Å². The molecule has 1 aromatic heterocycles. The number of benzene rings is 1. The van der Waals surface area contributed by atoms with Crippen LogP contribution in [-0.4, -0.2) is 16.1 Å². The Balaban J connectivity index is 2.59. The lowest BCUT2D eigenvalue weighted by Crippen LogP contribution is -2.08. The molecule has 6 heteroatoms. The highest BCUT2D eigenvalue weighted by Crippen LogP contribution is 2.34. The highest BCUT2D eigenvalue weighted by Gasteiger charge is 2.33. The van der Waals surface area contributed by atoms with Crippen LogP contribution in [0.15, 0.2) is 36.5 Å². The van der Waals surface area contributed by atoms with Gasteiger partial charge in [-0.25, -0.2) is 4.79 Å². The Bertz CT molecular complexity index is 745. The molecule has 0 spiro atoms. The van der Waals surface area contributed by atoms with Crippen LogP contribution in [0.2, 0.25) is 0 Å². The van der Waals surface area contributed by atoms with Crippen LogP contribution in [0.3, 0.4) is 0 Å². The number of alkyl halides is 3. The number of rotatable bonds is 2. The number of nitrogens with zero attached hydrogens (tertiary/aromatic N) is 1. The molecule has 0 saturated heterocycles. The lowest BCUT2D eigenvalue weighted by atomic mass is 10.0. The summed E-state index contributed by atoms with van der Waals surface area (Å²) in [6, 6.07) is 5.86. The molecule has 106 valence electrons. The molecule has 21 heavy (non-hydrogen) atoms. The van der Waals surface area contributed by atoms with Gasteiger partial charge in [-0.2, -0.15) is 13.2 Å². The molecule has 1 heterocycles. The molecule has 0 radical (unpaired) electrons. The number of aromatic nitrogens is 1. The number of terminal acetylenes is 1. The first-order valence-corrected chi connectivity index (χ1v) is 5.70. The van der Waals surface area contributed by atoms with Gasteiger partial charge in [0.25, 0.3) is 0 Å². The predicted octanol–water partition coefficient (Wildman–Crippen LogP) is 3.45. The summed E-state index contributed by atoms with van der Waals surface area (Å²) in [5.74, 6) is 0.791. The van der Waals surface area contributed by atoms with Crippen molar-refractivity contribution in [2.24, 2.45) is 0 Å². The average molecular weight is 291 g/mol. The fourth-order valence-corrected chi connectivity index (χ4v) is 1.79. The van der Waals surface area contributed by atoms with E-state index in [0.29, 0.717) is 0 Å². The number of hydrogen-bond donors (Lipinski definition) is 1. The molecule has 1 N–H and O–H groups in total. The smallest absolute Gasteiger partial charge is 0.417 e. The summed E-state index contributed by atoms with van der Waals surface area (Å²) in [6.07, 6.45) is 1.68. The van der Waals surface area contributed by atoms with E-state index < -0.39 is 17.7 Å². The fraction of sp³-hybridized carbons (Fsp3) is 0.0667. The van der Waals surface area contributed by atoms with Crippen LogP contribution in [0, 0.1) is 12.3 Å². The van der Waals surface area contributed by atoms with Crippen LogP contribution in [0.5, 0.6) is 0 Å². The van der Waals surface area contributed by atoms with Crippen LogP contribution in [0.4, 0.5) is 13.2 Å². The zero-order valence-corrected chi connectivity index (χ0v) is 10.5. The first-order chi connectivity index (χ1) is 9.82. The van der Waals surface area contributed by atoms with Gasteiger partial charge in [0.1, 0.15) is 0 Å². The molecular formula is C15H8F3NO2. The van der Waals surface area contributed by atoms with E-state index in [0.717, 1.165) is 12.1 Å². The molecule has 0 aliphatic rings. The summed E-state index contributed by atoms with van der Waals surface area (Å²) < 4.78 is 38.8. The maximum atomic E-state index is 12.9. The van der Waals surface area contributed by atoms with E-state index >= 15 is 0 Å². The highest BCUT2D eigenvalue weighted by atomic mass is 19.4. The number of pyridine rings is 1. The minimum absolute atomic E-state index is 0.0606. The number of halogens is 3. The van der Waals surface area contributed by atoms with Crippen molar-refractivity contribution >= 4 is 5.97 Å². The minimum Gasteiger partial charge on any atom is -0.478 e. The zero-order valence-electron chi connectivity index (χ0n) is 10.5.